The third kappa shape index (κ3) is 2.79. The fourth-order valence-electron chi connectivity index (χ4n) is 3.38. The second-order valence-electron chi connectivity index (χ2n) is 6.48. The second kappa shape index (κ2) is 5.08. The lowest BCUT2D eigenvalue weighted by molar-refractivity contribution is -0.0580. The van der Waals surface area contributed by atoms with E-state index in [2.05, 4.69) is 0 Å². The normalized spacial score (nSPS) is 22.9. The van der Waals surface area contributed by atoms with Crippen molar-refractivity contribution in [3.8, 4) is 0 Å². The molecule has 0 radical (unpaired) electrons. The molecule has 0 aliphatic carbocycles. The van der Waals surface area contributed by atoms with Gasteiger partial charge in [0.05, 0.1) is 6.10 Å². The van der Waals surface area contributed by atoms with E-state index in [1.807, 2.05) is 51.3 Å². The molecule has 0 aromatic rings. The van der Waals surface area contributed by atoms with Crippen molar-refractivity contribution in [3.63, 3.8) is 0 Å². The minimum Gasteiger partial charge on any atom is -0.393 e. The van der Waals surface area contributed by atoms with Crippen LogP contribution >= 0.6 is 0 Å². The summed E-state index contributed by atoms with van der Waals surface area (Å²) in [6, 6.07) is 0.0851. The van der Waals surface area contributed by atoms with Crippen LogP contribution in [0.1, 0.15) is 54.4 Å². The molecule has 1 aliphatic heterocycles. The predicted octanol–water partition coefficient (Wildman–Crippen LogP) is 2.46. The summed E-state index contributed by atoms with van der Waals surface area (Å²) in [5, 5.41) is 9.98. The lowest BCUT2D eigenvalue weighted by Gasteiger charge is -2.55. The van der Waals surface area contributed by atoms with E-state index in [0.29, 0.717) is 12.8 Å². The number of piperidine rings is 1. The Morgan fingerprint density at radius 2 is 1.56 bits per heavy atom. The van der Waals surface area contributed by atoms with Gasteiger partial charge in [0.25, 0.3) is 0 Å². The van der Waals surface area contributed by atoms with Crippen molar-refractivity contribution in [2.24, 2.45) is 0 Å². The van der Waals surface area contributed by atoms with Gasteiger partial charge in [0, 0.05) is 24.2 Å². The maximum atomic E-state index is 12.7. The Kier molecular flexibility index (Phi) is 4.31. The highest BCUT2D eigenvalue weighted by molar-refractivity contribution is 5.76. The molecule has 0 spiro atoms. The number of aliphatic hydroxyl groups is 1. The summed E-state index contributed by atoms with van der Waals surface area (Å²) in [4.78, 5) is 16.5. The lowest BCUT2D eigenvalue weighted by Crippen LogP contribution is -2.66. The number of aliphatic hydroxyl groups excluding tert-OH is 1. The minimum atomic E-state index is -0.323. The van der Waals surface area contributed by atoms with Gasteiger partial charge in [0.2, 0.25) is 0 Å². The molecule has 0 bridgehead atoms. The Morgan fingerprint density at radius 3 is 1.89 bits per heavy atom. The molecule has 1 rings (SSSR count). The van der Waals surface area contributed by atoms with Crippen LogP contribution in [0.5, 0.6) is 0 Å². The summed E-state index contributed by atoms with van der Waals surface area (Å²) in [5.41, 5.74) is -0.609. The van der Waals surface area contributed by atoms with Crippen LogP contribution in [-0.4, -0.2) is 51.2 Å². The molecule has 1 heterocycles. The molecule has 1 saturated heterocycles. The largest absolute Gasteiger partial charge is 0.393 e. The van der Waals surface area contributed by atoms with E-state index in [0.717, 1.165) is 13.1 Å². The lowest BCUT2D eigenvalue weighted by atomic mass is 9.78. The number of likely N-dealkylation sites (tertiary alicyclic amines) is 1. The monoisotopic (exact) mass is 256 g/mol. The summed E-state index contributed by atoms with van der Waals surface area (Å²) in [5.74, 6) is 0. The number of urea groups is 1. The maximum Gasteiger partial charge on any atom is 0.320 e. The zero-order valence-electron chi connectivity index (χ0n) is 12.7. The quantitative estimate of drug-likeness (QED) is 0.825. The Bertz CT molecular complexity index is 291. The van der Waals surface area contributed by atoms with Crippen molar-refractivity contribution in [2.75, 3.05) is 13.1 Å². The third-order valence-corrected chi connectivity index (χ3v) is 3.91. The van der Waals surface area contributed by atoms with Gasteiger partial charge in [-0.2, -0.15) is 0 Å². The van der Waals surface area contributed by atoms with Gasteiger partial charge >= 0.3 is 6.03 Å². The molecule has 4 nitrogen and oxygen atoms in total. The molecule has 0 atom stereocenters. The number of amides is 2. The Hall–Kier alpha value is -0.770. The van der Waals surface area contributed by atoms with Gasteiger partial charge in [-0.3, -0.25) is 0 Å². The van der Waals surface area contributed by atoms with Crippen LogP contribution < -0.4 is 0 Å². The van der Waals surface area contributed by atoms with Gasteiger partial charge in [-0.05, 0) is 54.4 Å². The highest BCUT2D eigenvalue weighted by Gasteiger charge is 2.48. The van der Waals surface area contributed by atoms with Crippen molar-refractivity contribution < 1.29 is 9.90 Å². The van der Waals surface area contributed by atoms with E-state index in [9.17, 15) is 9.90 Å². The van der Waals surface area contributed by atoms with Gasteiger partial charge in [-0.1, -0.05) is 0 Å². The van der Waals surface area contributed by atoms with Crippen LogP contribution in [-0.2, 0) is 0 Å². The average Bonchev–Trinajstić information content (AvgIpc) is 2.14. The molecule has 4 heteroatoms. The van der Waals surface area contributed by atoms with E-state index in [1.54, 1.807) is 0 Å². The van der Waals surface area contributed by atoms with Crippen LogP contribution in [0.2, 0.25) is 0 Å². The molecule has 18 heavy (non-hydrogen) atoms. The molecule has 0 unspecified atom stereocenters. The number of hydrogen-bond donors (Lipinski definition) is 1. The van der Waals surface area contributed by atoms with Crippen molar-refractivity contribution in [3.05, 3.63) is 0 Å². The van der Waals surface area contributed by atoms with Gasteiger partial charge < -0.3 is 14.9 Å². The smallest absolute Gasteiger partial charge is 0.320 e. The summed E-state index contributed by atoms with van der Waals surface area (Å²) < 4.78 is 0. The summed E-state index contributed by atoms with van der Waals surface area (Å²) in [6.45, 7) is 13.6. The summed E-state index contributed by atoms with van der Waals surface area (Å²) in [6.07, 6.45) is 0.961. The SMILES string of the molecule is CCN(CC)C(=O)N1C(C)(C)CC(O)CC1(C)C. The van der Waals surface area contributed by atoms with Crippen LogP contribution in [0.25, 0.3) is 0 Å². The Balaban J connectivity index is 3.06. The number of rotatable bonds is 2. The Labute approximate surface area is 111 Å². The predicted molar refractivity (Wildman–Crippen MR) is 73.6 cm³/mol. The molecule has 1 aliphatic rings. The molecule has 1 fully saturated rings. The van der Waals surface area contributed by atoms with Gasteiger partial charge in [0.15, 0.2) is 0 Å². The first-order valence-corrected chi connectivity index (χ1v) is 6.93. The van der Waals surface area contributed by atoms with Gasteiger partial charge in [0.1, 0.15) is 0 Å². The average molecular weight is 256 g/mol. The fourth-order valence-corrected chi connectivity index (χ4v) is 3.38. The number of nitrogens with zero attached hydrogens (tertiary/aromatic N) is 2. The molecule has 0 aromatic heterocycles. The van der Waals surface area contributed by atoms with E-state index in [-0.39, 0.29) is 23.2 Å². The maximum absolute atomic E-state index is 12.7. The zero-order valence-corrected chi connectivity index (χ0v) is 12.7. The standard InChI is InChI=1S/C14H28N2O2/c1-7-15(8-2)12(18)16-13(3,4)9-11(17)10-14(16,5)6/h11,17H,7-10H2,1-6H3. The molecule has 0 saturated carbocycles. The van der Waals surface area contributed by atoms with E-state index in [4.69, 9.17) is 0 Å². The highest BCUT2D eigenvalue weighted by Crippen LogP contribution is 2.39. The number of carbonyl (C=O) groups excluding carboxylic acids is 1. The van der Waals surface area contributed by atoms with Crippen LogP contribution in [0.4, 0.5) is 4.79 Å². The number of hydrogen-bond acceptors (Lipinski definition) is 2. The molecule has 106 valence electrons. The molecule has 1 N–H and O–H groups in total. The summed E-state index contributed by atoms with van der Waals surface area (Å²) >= 11 is 0. The fraction of sp³-hybridized carbons (Fsp3) is 0.929. The number of carbonyl (C=O) groups is 1. The van der Waals surface area contributed by atoms with E-state index >= 15 is 0 Å². The van der Waals surface area contributed by atoms with E-state index < -0.39 is 0 Å². The minimum absolute atomic E-state index is 0.0851. The molecular formula is C14H28N2O2. The first-order valence-electron chi connectivity index (χ1n) is 6.93. The first-order chi connectivity index (χ1) is 8.15. The van der Waals surface area contributed by atoms with Crippen molar-refractivity contribution >= 4 is 6.03 Å². The van der Waals surface area contributed by atoms with Crippen molar-refractivity contribution in [2.45, 2.75) is 71.6 Å². The molecular weight excluding hydrogens is 228 g/mol. The van der Waals surface area contributed by atoms with Gasteiger partial charge in [-0.25, -0.2) is 4.79 Å². The van der Waals surface area contributed by atoms with E-state index in [1.165, 1.54) is 0 Å². The zero-order chi connectivity index (χ0) is 14.1. The van der Waals surface area contributed by atoms with Crippen LogP contribution in [0.3, 0.4) is 0 Å². The molecule has 2 amide bonds. The third-order valence-electron chi connectivity index (χ3n) is 3.91. The topological polar surface area (TPSA) is 43.8 Å². The summed E-state index contributed by atoms with van der Waals surface area (Å²) in [7, 11) is 0. The highest BCUT2D eigenvalue weighted by atomic mass is 16.3. The van der Waals surface area contributed by atoms with Crippen LogP contribution in [0.15, 0.2) is 0 Å². The second-order valence-corrected chi connectivity index (χ2v) is 6.48. The van der Waals surface area contributed by atoms with Crippen LogP contribution in [0, 0.1) is 0 Å². The van der Waals surface area contributed by atoms with Crippen molar-refractivity contribution in [1.29, 1.82) is 0 Å². The van der Waals surface area contributed by atoms with Crippen molar-refractivity contribution in [1.82, 2.24) is 9.80 Å². The molecule has 0 aromatic carbocycles. The van der Waals surface area contributed by atoms with Gasteiger partial charge in [-0.15, -0.1) is 0 Å². The first kappa shape index (κ1) is 15.3. The Morgan fingerprint density at radius 1 is 1.17 bits per heavy atom.